The van der Waals surface area contributed by atoms with Crippen LogP contribution in [0.2, 0.25) is 0 Å². The van der Waals surface area contributed by atoms with Crippen LogP contribution in [0.15, 0.2) is 18.3 Å². The summed E-state index contributed by atoms with van der Waals surface area (Å²) >= 11 is 0. The van der Waals surface area contributed by atoms with E-state index in [0.29, 0.717) is 5.52 Å². The number of fused-ring (bicyclic) bond motifs is 1. The lowest BCUT2D eigenvalue weighted by atomic mass is 10.1. The van der Waals surface area contributed by atoms with Gasteiger partial charge in [0, 0.05) is 36.7 Å². The van der Waals surface area contributed by atoms with Crippen LogP contribution >= 0.6 is 0 Å². The van der Waals surface area contributed by atoms with Gasteiger partial charge in [0.2, 0.25) is 5.91 Å². The first-order valence-corrected chi connectivity index (χ1v) is 8.37. The lowest BCUT2D eigenvalue weighted by Crippen LogP contribution is -2.50. The lowest BCUT2D eigenvalue weighted by Gasteiger charge is -2.28. The molecule has 2 aliphatic heterocycles. The van der Waals surface area contributed by atoms with E-state index < -0.39 is 29.3 Å². The van der Waals surface area contributed by atoms with E-state index in [1.54, 1.807) is 12.3 Å². The number of urea groups is 1. The number of imide groups is 1. The third kappa shape index (κ3) is 2.66. The molecule has 8 heteroatoms. The standard InChI is InChI=1S/C17H18F2N4O2/c18-12-9-13-11(3-7-22(13)10-1-5-20-6-2-10)15(19)16(12)23-8-4-14(24)21-17(23)25/h3,7,9-10,20H,1-2,4-6,8H2,(H,21,24,25). The summed E-state index contributed by atoms with van der Waals surface area (Å²) in [5.74, 6) is -2.02. The minimum atomic E-state index is -0.802. The van der Waals surface area contributed by atoms with Crippen molar-refractivity contribution >= 4 is 28.5 Å². The second-order valence-corrected chi connectivity index (χ2v) is 6.41. The van der Waals surface area contributed by atoms with Crippen LogP contribution in [-0.4, -0.2) is 36.1 Å². The summed E-state index contributed by atoms with van der Waals surface area (Å²) in [6, 6.07) is 2.28. The van der Waals surface area contributed by atoms with Crippen molar-refractivity contribution in [2.75, 3.05) is 24.5 Å². The van der Waals surface area contributed by atoms with E-state index in [2.05, 4.69) is 10.6 Å². The molecule has 0 bridgehead atoms. The second kappa shape index (κ2) is 6.11. The van der Waals surface area contributed by atoms with E-state index in [1.807, 2.05) is 4.57 Å². The minimum absolute atomic E-state index is 0.0126. The highest BCUT2D eigenvalue weighted by Crippen LogP contribution is 2.34. The normalized spacial score (nSPS) is 19.5. The van der Waals surface area contributed by atoms with Crippen LogP contribution in [0.25, 0.3) is 10.9 Å². The number of hydrogen-bond donors (Lipinski definition) is 2. The zero-order chi connectivity index (χ0) is 17.6. The zero-order valence-electron chi connectivity index (χ0n) is 13.5. The summed E-state index contributed by atoms with van der Waals surface area (Å²) in [4.78, 5) is 24.2. The molecule has 2 aliphatic rings. The predicted molar refractivity (Wildman–Crippen MR) is 88.5 cm³/mol. The van der Waals surface area contributed by atoms with Gasteiger partial charge in [-0.1, -0.05) is 0 Å². The third-order valence-electron chi connectivity index (χ3n) is 4.92. The van der Waals surface area contributed by atoms with Gasteiger partial charge in [-0.25, -0.2) is 13.6 Å². The molecule has 0 atom stereocenters. The molecule has 0 spiro atoms. The molecule has 2 saturated heterocycles. The number of carbonyl (C=O) groups is 2. The Morgan fingerprint density at radius 1 is 1.16 bits per heavy atom. The largest absolute Gasteiger partial charge is 0.344 e. The number of halogens is 2. The second-order valence-electron chi connectivity index (χ2n) is 6.41. The Hall–Kier alpha value is -2.48. The van der Waals surface area contributed by atoms with Crippen molar-refractivity contribution < 1.29 is 18.4 Å². The zero-order valence-corrected chi connectivity index (χ0v) is 13.5. The van der Waals surface area contributed by atoms with Gasteiger partial charge in [0.05, 0.1) is 5.52 Å². The topological polar surface area (TPSA) is 66.4 Å². The number of benzene rings is 1. The molecule has 2 fully saturated rings. The predicted octanol–water partition coefficient (Wildman–Crippen LogP) is 2.29. The van der Waals surface area contributed by atoms with Gasteiger partial charge in [-0.05, 0) is 32.0 Å². The number of hydrogen-bond acceptors (Lipinski definition) is 3. The van der Waals surface area contributed by atoms with Crippen LogP contribution in [0.5, 0.6) is 0 Å². The van der Waals surface area contributed by atoms with Crippen LogP contribution in [0.3, 0.4) is 0 Å². The van der Waals surface area contributed by atoms with E-state index in [0.717, 1.165) is 30.8 Å². The molecule has 3 amide bonds. The van der Waals surface area contributed by atoms with Gasteiger partial charge in [-0.3, -0.25) is 15.0 Å². The molecule has 1 aromatic carbocycles. The van der Waals surface area contributed by atoms with Crippen molar-refractivity contribution in [2.24, 2.45) is 0 Å². The van der Waals surface area contributed by atoms with Crippen molar-refractivity contribution in [3.8, 4) is 0 Å². The molecule has 1 aromatic heterocycles. The summed E-state index contributed by atoms with van der Waals surface area (Å²) in [7, 11) is 0. The van der Waals surface area contributed by atoms with Crippen LogP contribution in [-0.2, 0) is 4.79 Å². The van der Waals surface area contributed by atoms with Crippen LogP contribution < -0.4 is 15.5 Å². The van der Waals surface area contributed by atoms with Crippen LogP contribution in [0.1, 0.15) is 25.3 Å². The molecule has 0 saturated carbocycles. The van der Waals surface area contributed by atoms with Crippen molar-refractivity contribution in [3.05, 3.63) is 30.0 Å². The van der Waals surface area contributed by atoms with Gasteiger partial charge in [-0.2, -0.15) is 0 Å². The molecule has 6 nitrogen and oxygen atoms in total. The van der Waals surface area contributed by atoms with E-state index in [1.165, 1.54) is 6.07 Å². The average Bonchev–Trinajstić information content (AvgIpc) is 3.01. The van der Waals surface area contributed by atoms with Gasteiger partial charge in [0.25, 0.3) is 0 Å². The van der Waals surface area contributed by atoms with Crippen molar-refractivity contribution in [1.29, 1.82) is 0 Å². The summed E-state index contributed by atoms with van der Waals surface area (Å²) in [5, 5.41) is 5.64. The molecular formula is C17H18F2N4O2. The highest BCUT2D eigenvalue weighted by Gasteiger charge is 2.30. The fourth-order valence-corrected chi connectivity index (χ4v) is 3.65. The number of nitrogens with one attached hydrogen (secondary N) is 2. The van der Waals surface area contributed by atoms with Gasteiger partial charge in [0.15, 0.2) is 11.6 Å². The Kier molecular flexibility index (Phi) is 3.91. The molecule has 0 radical (unpaired) electrons. The van der Waals surface area contributed by atoms with Crippen molar-refractivity contribution in [3.63, 3.8) is 0 Å². The van der Waals surface area contributed by atoms with Gasteiger partial charge >= 0.3 is 6.03 Å². The van der Waals surface area contributed by atoms with Gasteiger partial charge in [-0.15, -0.1) is 0 Å². The molecule has 25 heavy (non-hydrogen) atoms. The lowest BCUT2D eigenvalue weighted by molar-refractivity contribution is -0.120. The van der Waals surface area contributed by atoms with Crippen molar-refractivity contribution in [1.82, 2.24) is 15.2 Å². The first-order chi connectivity index (χ1) is 12.1. The number of anilines is 1. The monoisotopic (exact) mass is 348 g/mol. The summed E-state index contributed by atoms with van der Waals surface area (Å²) in [5.41, 5.74) is 0.0831. The molecule has 3 heterocycles. The van der Waals surface area contributed by atoms with E-state index >= 15 is 0 Å². The van der Waals surface area contributed by atoms with E-state index in [9.17, 15) is 18.4 Å². The molecular weight excluding hydrogens is 330 g/mol. The fourth-order valence-electron chi connectivity index (χ4n) is 3.65. The molecule has 132 valence electrons. The Bertz CT molecular complexity index is 858. The average molecular weight is 348 g/mol. The number of rotatable bonds is 2. The Morgan fingerprint density at radius 2 is 1.92 bits per heavy atom. The maximum absolute atomic E-state index is 15.0. The number of aromatic nitrogens is 1. The Morgan fingerprint density at radius 3 is 2.64 bits per heavy atom. The summed E-state index contributed by atoms with van der Waals surface area (Å²) in [6.45, 7) is 1.70. The number of carbonyl (C=O) groups excluding carboxylic acids is 2. The maximum Gasteiger partial charge on any atom is 0.328 e. The number of piperidine rings is 1. The molecule has 2 aromatic rings. The molecule has 0 unspecified atom stereocenters. The van der Waals surface area contributed by atoms with Crippen LogP contribution in [0.4, 0.5) is 19.3 Å². The SMILES string of the molecule is O=C1CCN(c2c(F)cc3c(ccn3C3CCNCC3)c2F)C(=O)N1. The highest BCUT2D eigenvalue weighted by molar-refractivity contribution is 6.06. The summed E-state index contributed by atoms with van der Waals surface area (Å²) in [6.07, 6.45) is 3.57. The molecule has 2 N–H and O–H groups in total. The first kappa shape index (κ1) is 16.0. The quantitative estimate of drug-likeness (QED) is 0.875. The Balaban J connectivity index is 1.77. The Labute approximate surface area is 142 Å². The van der Waals surface area contributed by atoms with Crippen LogP contribution in [0, 0.1) is 11.6 Å². The molecule has 4 rings (SSSR count). The fraction of sp³-hybridized carbons (Fsp3) is 0.412. The molecule has 0 aliphatic carbocycles. The summed E-state index contributed by atoms with van der Waals surface area (Å²) < 4.78 is 31.6. The van der Waals surface area contributed by atoms with E-state index in [4.69, 9.17) is 0 Å². The third-order valence-corrected chi connectivity index (χ3v) is 4.92. The maximum atomic E-state index is 15.0. The highest BCUT2D eigenvalue weighted by atomic mass is 19.1. The van der Waals surface area contributed by atoms with Gasteiger partial charge < -0.3 is 9.88 Å². The minimum Gasteiger partial charge on any atom is -0.344 e. The van der Waals surface area contributed by atoms with Gasteiger partial charge in [0.1, 0.15) is 5.69 Å². The first-order valence-electron chi connectivity index (χ1n) is 8.37. The van der Waals surface area contributed by atoms with E-state index in [-0.39, 0.29) is 24.4 Å². The number of amides is 3. The van der Waals surface area contributed by atoms with Crippen molar-refractivity contribution in [2.45, 2.75) is 25.3 Å². The smallest absolute Gasteiger partial charge is 0.328 e. The number of nitrogens with zero attached hydrogens (tertiary/aromatic N) is 2.